The fourth-order valence-electron chi connectivity index (χ4n) is 0.882. The molecular formula is C10H19NO4. The zero-order chi connectivity index (χ0) is 12.1. The maximum absolute atomic E-state index is 11.5. The SMILES string of the molecule is COCC(C=O)N(C)C(=O)OC(C)(C)C. The Morgan fingerprint density at radius 3 is 2.33 bits per heavy atom. The van der Waals surface area contributed by atoms with Gasteiger partial charge >= 0.3 is 6.09 Å². The predicted molar refractivity (Wildman–Crippen MR) is 55.7 cm³/mol. The summed E-state index contributed by atoms with van der Waals surface area (Å²) in [6.07, 6.45) is 0.129. The number of carbonyl (C=O) groups excluding carboxylic acids is 2. The van der Waals surface area contributed by atoms with Gasteiger partial charge < -0.3 is 14.3 Å². The van der Waals surface area contributed by atoms with Gasteiger partial charge in [-0.1, -0.05) is 0 Å². The Bertz CT molecular complexity index is 222. The van der Waals surface area contributed by atoms with Gasteiger partial charge in [-0.25, -0.2) is 4.79 Å². The Hall–Kier alpha value is -1.10. The highest BCUT2D eigenvalue weighted by Gasteiger charge is 2.24. The quantitative estimate of drug-likeness (QED) is 0.661. The van der Waals surface area contributed by atoms with Crippen LogP contribution in [0.1, 0.15) is 20.8 Å². The van der Waals surface area contributed by atoms with E-state index in [4.69, 9.17) is 9.47 Å². The fourth-order valence-corrected chi connectivity index (χ4v) is 0.882. The normalized spacial score (nSPS) is 13.1. The molecule has 88 valence electrons. The van der Waals surface area contributed by atoms with Crippen LogP contribution in [0.25, 0.3) is 0 Å². The maximum Gasteiger partial charge on any atom is 0.410 e. The van der Waals surface area contributed by atoms with E-state index in [0.717, 1.165) is 0 Å². The highest BCUT2D eigenvalue weighted by atomic mass is 16.6. The van der Waals surface area contributed by atoms with Gasteiger partial charge in [0.1, 0.15) is 17.9 Å². The summed E-state index contributed by atoms with van der Waals surface area (Å²) < 4.78 is 9.92. The third kappa shape index (κ3) is 5.37. The topological polar surface area (TPSA) is 55.8 Å². The smallest absolute Gasteiger partial charge is 0.410 e. The zero-order valence-corrected chi connectivity index (χ0v) is 9.94. The van der Waals surface area contributed by atoms with Gasteiger partial charge in [0.05, 0.1) is 6.61 Å². The first kappa shape index (κ1) is 13.9. The van der Waals surface area contributed by atoms with E-state index in [1.807, 2.05) is 0 Å². The fraction of sp³-hybridized carbons (Fsp3) is 0.800. The van der Waals surface area contributed by atoms with Gasteiger partial charge in [-0.2, -0.15) is 0 Å². The van der Waals surface area contributed by atoms with Gasteiger partial charge in [0.25, 0.3) is 0 Å². The van der Waals surface area contributed by atoms with E-state index >= 15 is 0 Å². The van der Waals surface area contributed by atoms with E-state index < -0.39 is 17.7 Å². The number of hydrogen-bond acceptors (Lipinski definition) is 4. The number of likely N-dealkylation sites (N-methyl/N-ethyl adjacent to an activating group) is 1. The summed E-state index contributed by atoms with van der Waals surface area (Å²) in [7, 11) is 2.98. The molecule has 0 heterocycles. The van der Waals surface area contributed by atoms with Crippen LogP contribution in [-0.4, -0.2) is 49.7 Å². The number of carbonyl (C=O) groups is 2. The van der Waals surface area contributed by atoms with E-state index in [-0.39, 0.29) is 6.61 Å². The number of nitrogens with zero attached hydrogens (tertiary/aromatic N) is 1. The lowest BCUT2D eigenvalue weighted by Gasteiger charge is -2.27. The summed E-state index contributed by atoms with van der Waals surface area (Å²) in [4.78, 5) is 23.4. The number of methoxy groups -OCH3 is 1. The molecule has 15 heavy (non-hydrogen) atoms. The number of rotatable bonds is 4. The molecule has 0 aliphatic heterocycles. The summed E-state index contributed by atoms with van der Waals surface area (Å²) in [6.45, 7) is 5.47. The molecule has 0 aliphatic carbocycles. The van der Waals surface area contributed by atoms with Crippen LogP contribution >= 0.6 is 0 Å². The zero-order valence-electron chi connectivity index (χ0n) is 9.94. The number of hydrogen-bond donors (Lipinski definition) is 0. The molecule has 0 fully saturated rings. The average Bonchev–Trinajstić information content (AvgIpc) is 2.10. The Kier molecular flexibility index (Phi) is 5.28. The third-order valence-electron chi connectivity index (χ3n) is 1.67. The molecular weight excluding hydrogens is 198 g/mol. The lowest BCUT2D eigenvalue weighted by Crippen LogP contribution is -2.43. The standard InChI is InChI=1S/C10H19NO4/c1-10(2,3)15-9(13)11(4)8(6-12)7-14-5/h6,8H,7H2,1-5H3. The summed E-state index contributed by atoms with van der Waals surface area (Å²) >= 11 is 0. The minimum absolute atomic E-state index is 0.166. The largest absolute Gasteiger partial charge is 0.444 e. The first-order valence-electron chi connectivity index (χ1n) is 4.72. The van der Waals surface area contributed by atoms with Gasteiger partial charge in [-0.05, 0) is 20.8 Å². The Balaban J connectivity index is 4.34. The second-order valence-electron chi connectivity index (χ2n) is 4.25. The molecule has 0 aliphatic rings. The molecule has 1 unspecified atom stereocenters. The molecule has 0 saturated heterocycles. The van der Waals surface area contributed by atoms with Crippen molar-refractivity contribution in [1.29, 1.82) is 0 Å². The number of ether oxygens (including phenoxy) is 2. The van der Waals surface area contributed by atoms with Crippen molar-refractivity contribution in [3.05, 3.63) is 0 Å². The van der Waals surface area contributed by atoms with Gasteiger partial charge in [0.15, 0.2) is 0 Å². The van der Waals surface area contributed by atoms with Crippen LogP contribution in [0.15, 0.2) is 0 Å². The van der Waals surface area contributed by atoms with E-state index in [1.54, 1.807) is 20.8 Å². The van der Waals surface area contributed by atoms with Crippen molar-refractivity contribution in [2.75, 3.05) is 20.8 Å². The van der Waals surface area contributed by atoms with Crippen molar-refractivity contribution in [2.24, 2.45) is 0 Å². The summed E-state index contributed by atoms with van der Waals surface area (Å²) in [5, 5.41) is 0. The first-order chi connectivity index (χ1) is 6.81. The van der Waals surface area contributed by atoms with Crippen LogP contribution in [0.3, 0.4) is 0 Å². The second-order valence-corrected chi connectivity index (χ2v) is 4.25. The lowest BCUT2D eigenvalue weighted by atomic mass is 10.2. The van der Waals surface area contributed by atoms with E-state index in [1.165, 1.54) is 19.1 Å². The van der Waals surface area contributed by atoms with Gasteiger partial charge in [0, 0.05) is 14.2 Å². The minimum atomic E-state index is -0.607. The molecule has 0 bridgehead atoms. The van der Waals surface area contributed by atoms with E-state index in [9.17, 15) is 9.59 Å². The third-order valence-corrected chi connectivity index (χ3v) is 1.67. The molecule has 5 nitrogen and oxygen atoms in total. The highest BCUT2D eigenvalue weighted by Crippen LogP contribution is 2.10. The van der Waals surface area contributed by atoms with Gasteiger partial charge in [-0.3, -0.25) is 4.90 Å². The monoisotopic (exact) mass is 217 g/mol. The van der Waals surface area contributed by atoms with Crippen molar-refractivity contribution >= 4 is 12.4 Å². The first-order valence-corrected chi connectivity index (χ1v) is 4.72. The highest BCUT2D eigenvalue weighted by molar-refractivity contribution is 5.73. The van der Waals surface area contributed by atoms with Crippen LogP contribution in [0.2, 0.25) is 0 Å². The van der Waals surface area contributed by atoms with Crippen molar-refractivity contribution in [3.8, 4) is 0 Å². The van der Waals surface area contributed by atoms with Crippen molar-refractivity contribution in [2.45, 2.75) is 32.4 Å². The molecule has 0 N–H and O–H groups in total. The predicted octanol–water partition coefficient (Wildman–Crippen LogP) is 1.07. The Morgan fingerprint density at radius 1 is 1.47 bits per heavy atom. The lowest BCUT2D eigenvalue weighted by molar-refractivity contribution is -0.113. The van der Waals surface area contributed by atoms with Crippen molar-refractivity contribution in [1.82, 2.24) is 4.90 Å². The molecule has 0 aromatic carbocycles. The molecule has 0 aromatic rings. The molecule has 0 rings (SSSR count). The van der Waals surface area contributed by atoms with Crippen molar-refractivity contribution in [3.63, 3.8) is 0 Å². The summed E-state index contributed by atoms with van der Waals surface area (Å²) in [5.74, 6) is 0. The van der Waals surface area contributed by atoms with Crippen LogP contribution in [0, 0.1) is 0 Å². The number of aldehydes is 1. The molecule has 1 amide bonds. The molecule has 5 heteroatoms. The summed E-state index contributed by atoms with van der Waals surface area (Å²) in [5.41, 5.74) is -0.564. The molecule has 0 aromatic heterocycles. The van der Waals surface area contributed by atoms with E-state index in [2.05, 4.69) is 0 Å². The molecule has 0 saturated carbocycles. The van der Waals surface area contributed by atoms with Crippen LogP contribution in [0.5, 0.6) is 0 Å². The van der Waals surface area contributed by atoms with Crippen LogP contribution in [0.4, 0.5) is 4.79 Å². The Labute approximate surface area is 90.3 Å². The summed E-state index contributed by atoms with van der Waals surface area (Å²) in [6, 6.07) is -0.607. The second kappa shape index (κ2) is 5.70. The maximum atomic E-state index is 11.5. The molecule has 1 atom stereocenters. The van der Waals surface area contributed by atoms with Crippen LogP contribution < -0.4 is 0 Å². The van der Waals surface area contributed by atoms with Crippen molar-refractivity contribution < 1.29 is 19.1 Å². The van der Waals surface area contributed by atoms with Crippen LogP contribution in [-0.2, 0) is 14.3 Å². The number of amides is 1. The molecule has 0 radical (unpaired) electrons. The minimum Gasteiger partial charge on any atom is -0.444 e. The van der Waals surface area contributed by atoms with Gasteiger partial charge in [-0.15, -0.1) is 0 Å². The Morgan fingerprint density at radius 2 is 2.00 bits per heavy atom. The molecule has 0 spiro atoms. The average molecular weight is 217 g/mol. The van der Waals surface area contributed by atoms with E-state index in [0.29, 0.717) is 6.29 Å². The van der Waals surface area contributed by atoms with Gasteiger partial charge in [0.2, 0.25) is 0 Å².